The van der Waals surface area contributed by atoms with Crippen molar-refractivity contribution in [3.63, 3.8) is 0 Å². The predicted molar refractivity (Wildman–Crippen MR) is 46.2 cm³/mol. The highest BCUT2D eigenvalue weighted by Gasteiger charge is 2.53. The van der Waals surface area contributed by atoms with Gasteiger partial charge in [0.25, 0.3) is 0 Å². The lowest BCUT2D eigenvalue weighted by Crippen LogP contribution is -2.41. The average Bonchev–Trinajstić information content (AvgIpc) is 1.95. The van der Waals surface area contributed by atoms with Gasteiger partial charge in [-0.3, -0.25) is 0 Å². The first-order valence-corrected chi connectivity index (χ1v) is 4.53. The van der Waals surface area contributed by atoms with Gasteiger partial charge in [0.15, 0.2) is 0 Å². The third-order valence-corrected chi connectivity index (χ3v) is 3.13. The Kier molecular flexibility index (Phi) is 2.48. The van der Waals surface area contributed by atoms with Gasteiger partial charge in [-0.05, 0) is 25.2 Å². The van der Waals surface area contributed by atoms with E-state index in [4.69, 9.17) is 0 Å². The molecular formula is C10H15F3. The van der Waals surface area contributed by atoms with Crippen molar-refractivity contribution in [2.24, 2.45) is 17.3 Å². The van der Waals surface area contributed by atoms with E-state index in [1.165, 1.54) is 13.0 Å². The van der Waals surface area contributed by atoms with Crippen LogP contribution in [0.2, 0.25) is 0 Å². The molecular weight excluding hydrogens is 177 g/mol. The molecule has 0 spiro atoms. The van der Waals surface area contributed by atoms with Crippen molar-refractivity contribution < 1.29 is 13.2 Å². The van der Waals surface area contributed by atoms with E-state index in [0.717, 1.165) is 0 Å². The normalized spacial score (nSPS) is 40.8. The van der Waals surface area contributed by atoms with E-state index in [-0.39, 0.29) is 11.8 Å². The van der Waals surface area contributed by atoms with E-state index in [1.807, 2.05) is 6.92 Å². The van der Waals surface area contributed by atoms with Crippen molar-refractivity contribution in [1.29, 1.82) is 0 Å². The molecule has 0 saturated heterocycles. The molecule has 0 aromatic rings. The maximum absolute atomic E-state index is 12.7. The van der Waals surface area contributed by atoms with Crippen molar-refractivity contribution in [3.05, 3.63) is 12.2 Å². The Bertz CT molecular complexity index is 217. The third-order valence-electron chi connectivity index (χ3n) is 3.13. The first kappa shape index (κ1) is 10.6. The molecule has 1 aliphatic rings. The lowest BCUT2D eigenvalue weighted by Gasteiger charge is -2.39. The maximum atomic E-state index is 12.7. The van der Waals surface area contributed by atoms with Crippen LogP contribution in [0.4, 0.5) is 13.2 Å². The molecule has 2 unspecified atom stereocenters. The molecule has 0 saturated carbocycles. The zero-order valence-electron chi connectivity index (χ0n) is 8.15. The van der Waals surface area contributed by atoms with E-state index in [0.29, 0.717) is 6.42 Å². The number of hydrogen-bond donors (Lipinski definition) is 0. The molecule has 3 heteroatoms. The fourth-order valence-electron chi connectivity index (χ4n) is 1.78. The lowest BCUT2D eigenvalue weighted by atomic mass is 9.69. The van der Waals surface area contributed by atoms with Crippen molar-refractivity contribution >= 4 is 0 Å². The Morgan fingerprint density at radius 2 is 1.85 bits per heavy atom. The SMILES string of the molecule is CC1C=CC(C)(C(F)(F)F)[C@@H](C)C1. The van der Waals surface area contributed by atoms with Gasteiger partial charge in [0, 0.05) is 0 Å². The molecule has 0 nitrogen and oxygen atoms in total. The Morgan fingerprint density at radius 3 is 2.23 bits per heavy atom. The molecule has 3 atom stereocenters. The smallest absolute Gasteiger partial charge is 0.170 e. The highest BCUT2D eigenvalue weighted by molar-refractivity contribution is 5.09. The molecule has 0 amide bonds. The Morgan fingerprint density at radius 1 is 1.31 bits per heavy atom. The molecule has 0 radical (unpaired) electrons. The second-order valence-corrected chi connectivity index (χ2v) is 4.25. The van der Waals surface area contributed by atoms with Crippen LogP contribution in [0.15, 0.2) is 12.2 Å². The molecule has 0 heterocycles. The second kappa shape index (κ2) is 3.03. The van der Waals surface area contributed by atoms with E-state index in [2.05, 4.69) is 0 Å². The highest BCUT2D eigenvalue weighted by atomic mass is 19.4. The van der Waals surface area contributed by atoms with Crippen LogP contribution in [0.1, 0.15) is 27.2 Å². The minimum absolute atomic E-state index is 0.269. The Balaban J connectivity index is 2.97. The Labute approximate surface area is 76.8 Å². The zero-order valence-corrected chi connectivity index (χ0v) is 8.15. The monoisotopic (exact) mass is 192 g/mol. The molecule has 0 aliphatic heterocycles. The Hall–Kier alpha value is -0.470. The topological polar surface area (TPSA) is 0 Å². The number of hydrogen-bond acceptors (Lipinski definition) is 0. The minimum atomic E-state index is -4.12. The fourth-order valence-corrected chi connectivity index (χ4v) is 1.78. The number of halogens is 3. The van der Waals surface area contributed by atoms with Gasteiger partial charge < -0.3 is 0 Å². The standard InChI is InChI=1S/C10H15F3/c1-7-4-5-9(3,8(2)6-7)10(11,12)13/h4-5,7-8H,6H2,1-3H3/t7?,8-,9?/m0/s1. The van der Waals surface area contributed by atoms with Crippen LogP contribution in [-0.2, 0) is 0 Å². The van der Waals surface area contributed by atoms with Gasteiger partial charge in [-0.25, -0.2) is 0 Å². The van der Waals surface area contributed by atoms with Gasteiger partial charge >= 0.3 is 6.18 Å². The maximum Gasteiger partial charge on any atom is 0.397 e. The summed E-state index contributed by atoms with van der Waals surface area (Å²) in [6.45, 7) is 4.90. The molecule has 0 aromatic carbocycles. The minimum Gasteiger partial charge on any atom is -0.170 e. The summed E-state index contributed by atoms with van der Waals surface area (Å²) in [5, 5.41) is 0. The van der Waals surface area contributed by atoms with Gasteiger partial charge in [0.1, 0.15) is 0 Å². The summed E-state index contributed by atoms with van der Waals surface area (Å²) in [4.78, 5) is 0. The molecule has 13 heavy (non-hydrogen) atoms. The van der Waals surface area contributed by atoms with Crippen LogP contribution in [-0.4, -0.2) is 6.18 Å². The highest BCUT2D eigenvalue weighted by Crippen LogP contribution is 2.49. The van der Waals surface area contributed by atoms with Crippen LogP contribution in [0, 0.1) is 17.3 Å². The molecule has 1 rings (SSSR count). The van der Waals surface area contributed by atoms with Crippen molar-refractivity contribution in [2.75, 3.05) is 0 Å². The lowest BCUT2D eigenvalue weighted by molar-refractivity contribution is -0.218. The van der Waals surface area contributed by atoms with Crippen LogP contribution >= 0.6 is 0 Å². The van der Waals surface area contributed by atoms with E-state index in [9.17, 15) is 13.2 Å². The summed E-state index contributed by atoms with van der Waals surface area (Å²) >= 11 is 0. The van der Waals surface area contributed by atoms with Gasteiger partial charge in [0.2, 0.25) is 0 Å². The molecule has 76 valence electrons. The predicted octanol–water partition coefficient (Wildman–Crippen LogP) is 3.79. The molecule has 0 N–H and O–H groups in total. The summed E-state index contributed by atoms with van der Waals surface area (Å²) in [6.07, 6.45) is -0.505. The summed E-state index contributed by atoms with van der Waals surface area (Å²) < 4.78 is 38.0. The molecule has 0 aromatic heterocycles. The van der Waals surface area contributed by atoms with Gasteiger partial charge in [-0.2, -0.15) is 13.2 Å². The van der Waals surface area contributed by atoms with Crippen molar-refractivity contribution in [1.82, 2.24) is 0 Å². The van der Waals surface area contributed by atoms with Crippen molar-refractivity contribution in [3.8, 4) is 0 Å². The van der Waals surface area contributed by atoms with E-state index >= 15 is 0 Å². The fraction of sp³-hybridized carbons (Fsp3) is 0.800. The molecule has 1 aliphatic carbocycles. The quantitative estimate of drug-likeness (QED) is 0.512. The van der Waals surface area contributed by atoms with Crippen LogP contribution in [0.25, 0.3) is 0 Å². The summed E-state index contributed by atoms with van der Waals surface area (Å²) in [6, 6.07) is 0. The summed E-state index contributed by atoms with van der Waals surface area (Å²) in [7, 11) is 0. The summed E-state index contributed by atoms with van der Waals surface area (Å²) in [5.41, 5.74) is -1.63. The number of allylic oxidation sites excluding steroid dienone is 2. The largest absolute Gasteiger partial charge is 0.397 e. The van der Waals surface area contributed by atoms with E-state index < -0.39 is 11.6 Å². The average molecular weight is 192 g/mol. The van der Waals surface area contributed by atoms with Crippen LogP contribution in [0.5, 0.6) is 0 Å². The second-order valence-electron chi connectivity index (χ2n) is 4.25. The molecule has 0 fully saturated rings. The van der Waals surface area contributed by atoms with Gasteiger partial charge in [0.05, 0.1) is 5.41 Å². The van der Waals surface area contributed by atoms with Crippen LogP contribution in [0.3, 0.4) is 0 Å². The van der Waals surface area contributed by atoms with Gasteiger partial charge in [-0.15, -0.1) is 0 Å². The third kappa shape index (κ3) is 1.74. The van der Waals surface area contributed by atoms with E-state index in [1.54, 1.807) is 13.0 Å². The first-order chi connectivity index (χ1) is 5.77. The van der Waals surface area contributed by atoms with Gasteiger partial charge in [-0.1, -0.05) is 26.0 Å². The first-order valence-electron chi connectivity index (χ1n) is 4.53. The number of alkyl halides is 3. The molecule has 0 bridgehead atoms. The zero-order chi connectivity index (χ0) is 10.3. The summed E-state index contributed by atoms with van der Waals surface area (Å²) in [5.74, 6) is -0.0575. The number of rotatable bonds is 0. The van der Waals surface area contributed by atoms with Crippen molar-refractivity contribution in [2.45, 2.75) is 33.4 Å². The van der Waals surface area contributed by atoms with Crippen LogP contribution < -0.4 is 0 Å².